The summed E-state index contributed by atoms with van der Waals surface area (Å²) in [7, 11) is 1.53. The van der Waals surface area contributed by atoms with Gasteiger partial charge in [0.1, 0.15) is 18.5 Å². The van der Waals surface area contributed by atoms with Gasteiger partial charge >= 0.3 is 6.09 Å². The van der Waals surface area contributed by atoms with Crippen molar-refractivity contribution in [2.24, 2.45) is 0 Å². The lowest BCUT2D eigenvalue weighted by molar-refractivity contribution is -0.385. The number of ether oxygens (including phenoxy) is 2. The summed E-state index contributed by atoms with van der Waals surface area (Å²) in [5.41, 5.74) is 0.601. The molecule has 1 amide bonds. The second-order valence-electron chi connectivity index (χ2n) is 5.55. The Kier molecular flexibility index (Phi) is 6.19. The zero-order chi connectivity index (χ0) is 19.4. The van der Waals surface area contributed by atoms with Crippen LogP contribution in [0.25, 0.3) is 0 Å². The summed E-state index contributed by atoms with van der Waals surface area (Å²) in [6.07, 6.45) is -0.943. The van der Waals surface area contributed by atoms with Gasteiger partial charge in [0.2, 0.25) is 0 Å². The van der Waals surface area contributed by atoms with Crippen LogP contribution >= 0.6 is 28.0 Å². The number of rotatable bonds is 7. The molecule has 2 aromatic carbocycles. The Morgan fingerprint density at radius 2 is 2.19 bits per heavy atom. The number of amides is 1. The van der Waals surface area contributed by atoms with E-state index in [0.29, 0.717) is 22.9 Å². The molecule has 3 rings (SSSR count). The van der Waals surface area contributed by atoms with Crippen LogP contribution in [-0.2, 0) is 8.92 Å². The van der Waals surface area contributed by atoms with Crippen molar-refractivity contribution in [3.63, 3.8) is 0 Å². The van der Waals surface area contributed by atoms with E-state index >= 15 is 0 Å². The van der Waals surface area contributed by atoms with Crippen molar-refractivity contribution in [1.29, 1.82) is 0 Å². The lowest BCUT2D eigenvalue weighted by Gasteiger charge is -2.16. The van der Waals surface area contributed by atoms with Crippen LogP contribution in [0.3, 0.4) is 0 Å². The zero-order valence-corrected chi connectivity index (χ0v) is 16.6. The van der Waals surface area contributed by atoms with E-state index in [1.807, 2.05) is 6.07 Å². The van der Waals surface area contributed by atoms with E-state index in [1.165, 1.54) is 24.1 Å². The Hall–Kier alpha value is -2.30. The van der Waals surface area contributed by atoms with Crippen LogP contribution in [0.4, 0.5) is 16.2 Å². The van der Waals surface area contributed by atoms with E-state index < -0.39 is 17.1 Å². The predicted octanol–water partition coefficient (Wildman–Crippen LogP) is 4.42. The van der Waals surface area contributed by atoms with Gasteiger partial charge in [-0.1, -0.05) is 22.0 Å². The van der Waals surface area contributed by atoms with Gasteiger partial charge in [-0.25, -0.2) is 4.79 Å². The van der Waals surface area contributed by atoms with Crippen LogP contribution in [0.1, 0.15) is 0 Å². The summed E-state index contributed by atoms with van der Waals surface area (Å²) in [5.74, 6) is 0.550. The molecule has 0 aromatic heterocycles. The number of hydrogen-bond donors (Lipinski definition) is 0. The molecule has 0 bridgehead atoms. The topological polar surface area (TPSA) is 91.1 Å². The number of nitro groups is 1. The minimum Gasteiger partial charge on any atom is -0.495 e. The first-order valence-corrected chi connectivity index (χ1v) is 9.37. The van der Waals surface area contributed by atoms with Crippen molar-refractivity contribution in [2.45, 2.75) is 11.0 Å². The fourth-order valence-corrected chi connectivity index (χ4v) is 3.51. The largest absolute Gasteiger partial charge is 0.495 e. The number of halogens is 1. The summed E-state index contributed by atoms with van der Waals surface area (Å²) in [6.45, 7) is 0.459. The minimum absolute atomic E-state index is 0.00981. The van der Waals surface area contributed by atoms with Crippen LogP contribution in [0.5, 0.6) is 5.75 Å². The van der Waals surface area contributed by atoms with Gasteiger partial charge in [-0.3, -0.25) is 15.0 Å². The number of carbonyl (C=O) groups excluding carboxylic acids is 1. The standard InChI is InChI=1S/C17H15BrN2O6S/c1-24-16-7-11(18)5-6-15(16)19-9-13(26-17(19)21)10-25-27-14-4-2-3-12(8-14)20(22)23/h2-8,13H,9-10H2,1H3/t13-/m1/s1. The number of nitro benzene ring substituents is 1. The predicted molar refractivity (Wildman–Crippen MR) is 103 cm³/mol. The summed E-state index contributed by atoms with van der Waals surface area (Å²) < 4.78 is 17.0. The summed E-state index contributed by atoms with van der Waals surface area (Å²) in [6, 6.07) is 11.5. The molecule has 1 fully saturated rings. The van der Waals surface area contributed by atoms with Crippen molar-refractivity contribution < 1.29 is 23.4 Å². The van der Waals surface area contributed by atoms with Gasteiger partial charge in [0.25, 0.3) is 5.69 Å². The molecule has 8 nitrogen and oxygen atoms in total. The number of anilines is 1. The van der Waals surface area contributed by atoms with Crippen molar-refractivity contribution in [3.05, 3.63) is 57.1 Å². The molecule has 1 aliphatic rings. The Morgan fingerprint density at radius 1 is 1.37 bits per heavy atom. The molecular formula is C17H15BrN2O6S. The normalized spacial score (nSPS) is 16.3. The summed E-state index contributed by atoms with van der Waals surface area (Å²) in [5, 5.41) is 10.8. The third-order valence-electron chi connectivity index (χ3n) is 3.74. The monoisotopic (exact) mass is 454 g/mol. The van der Waals surface area contributed by atoms with Crippen LogP contribution in [0.15, 0.2) is 51.8 Å². The van der Waals surface area contributed by atoms with Gasteiger partial charge in [0, 0.05) is 33.5 Å². The fourth-order valence-electron chi connectivity index (χ4n) is 2.51. The first-order chi connectivity index (χ1) is 13.0. The molecule has 1 atom stereocenters. The smallest absolute Gasteiger partial charge is 0.414 e. The van der Waals surface area contributed by atoms with E-state index in [1.54, 1.807) is 24.3 Å². The number of benzene rings is 2. The highest BCUT2D eigenvalue weighted by molar-refractivity contribution is 9.10. The lowest BCUT2D eigenvalue weighted by Crippen LogP contribution is -2.26. The van der Waals surface area contributed by atoms with Crippen molar-refractivity contribution >= 4 is 45.4 Å². The van der Waals surface area contributed by atoms with Crippen molar-refractivity contribution in [1.82, 2.24) is 0 Å². The van der Waals surface area contributed by atoms with Crippen molar-refractivity contribution in [2.75, 3.05) is 25.2 Å². The highest BCUT2D eigenvalue weighted by atomic mass is 79.9. The van der Waals surface area contributed by atoms with E-state index in [9.17, 15) is 14.9 Å². The molecule has 0 aliphatic carbocycles. The SMILES string of the molecule is COc1cc(Br)ccc1N1C[C@H](COSc2cccc([N+](=O)[O-])c2)OC1=O. The Balaban J connectivity index is 1.58. The summed E-state index contributed by atoms with van der Waals surface area (Å²) >= 11 is 4.37. The molecule has 1 aliphatic heterocycles. The highest BCUT2D eigenvalue weighted by Crippen LogP contribution is 2.34. The Labute approximate surface area is 167 Å². The molecule has 1 heterocycles. The molecule has 0 spiro atoms. The van der Waals surface area contributed by atoms with Crippen LogP contribution in [0.2, 0.25) is 0 Å². The number of carbonyl (C=O) groups is 1. The minimum atomic E-state index is -0.482. The molecule has 1 saturated heterocycles. The zero-order valence-electron chi connectivity index (χ0n) is 14.2. The second kappa shape index (κ2) is 8.59. The average Bonchev–Trinajstić information content (AvgIpc) is 3.02. The van der Waals surface area contributed by atoms with Gasteiger partial charge in [-0.05, 0) is 24.3 Å². The van der Waals surface area contributed by atoms with Gasteiger partial charge < -0.3 is 13.7 Å². The van der Waals surface area contributed by atoms with E-state index in [-0.39, 0.29) is 12.3 Å². The maximum atomic E-state index is 12.2. The van der Waals surface area contributed by atoms with Crippen LogP contribution in [0, 0.1) is 10.1 Å². The van der Waals surface area contributed by atoms with Gasteiger partial charge in [-0.15, -0.1) is 0 Å². The summed E-state index contributed by atoms with van der Waals surface area (Å²) in [4.78, 5) is 24.6. The van der Waals surface area contributed by atoms with E-state index in [4.69, 9.17) is 13.7 Å². The molecular weight excluding hydrogens is 440 g/mol. The number of methoxy groups -OCH3 is 1. The highest BCUT2D eigenvalue weighted by Gasteiger charge is 2.34. The van der Waals surface area contributed by atoms with Gasteiger partial charge in [0.05, 0.1) is 24.3 Å². The maximum absolute atomic E-state index is 12.2. The molecule has 27 heavy (non-hydrogen) atoms. The maximum Gasteiger partial charge on any atom is 0.414 e. The Morgan fingerprint density at radius 3 is 2.93 bits per heavy atom. The first kappa shape index (κ1) is 19.5. The third-order valence-corrected chi connectivity index (χ3v) is 4.94. The molecule has 10 heteroatoms. The number of nitrogens with zero attached hydrogens (tertiary/aromatic N) is 2. The van der Waals surface area contributed by atoms with Crippen LogP contribution in [-0.4, -0.2) is 37.4 Å². The molecule has 142 valence electrons. The molecule has 0 saturated carbocycles. The molecule has 2 aromatic rings. The van der Waals surface area contributed by atoms with Crippen molar-refractivity contribution in [3.8, 4) is 5.75 Å². The molecule has 0 radical (unpaired) electrons. The van der Waals surface area contributed by atoms with Gasteiger partial charge in [-0.2, -0.15) is 0 Å². The Bertz CT molecular complexity index is 865. The third kappa shape index (κ3) is 4.71. The van der Waals surface area contributed by atoms with Gasteiger partial charge in [0.15, 0.2) is 0 Å². The van der Waals surface area contributed by atoms with E-state index in [0.717, 1.165) is 16.5 Å². The quantitative estimate of drug-likeness (QED) is 0.347. The second-order valence-corrected chi connectivity index (χ2v) is 7.34. The number of hydrogen-bond acceptors (Lipinski definition) is 7. The lowest BCUT2D eigenvalue weighted by atomic mass is 10.2. The molecule has 0 N–H and O–H groups in total. The molecule has 0 unspecified atom stereocenters. The fraction of sp³-hybridized carbons (Fsp3) is 0.235. The number of non-ortho nitro benzene ring substituents is 1. The van der Waals surface area contributed by atoms with Crippen LogP contribution < -0.4 is 9.64 Å². The average molecular weight is 455 g/mol. The number of cyclic esters (lactones) is 1. The van der Waals surface area contributed by atoms with E-state index in [2.05, 4.69) is 15.9 Å². The first-order valence-electron chi connectivity index (χ1n) is 7.83.